The molecule has 7 heteroatoms. The van der Waals surface area contributed by atoms with Gasteiger partial charge in [0.15, 0.2) is 0 Å². The number of hydrogen-bond acceptors (Lipinski definition) is 5. The normalized spacial score (nSPS) is 25.3. The van der Waals surface area contributed by atoms with Crippen molar-refractivity contribution in [3.63, 3.8) is 0 Å². The summed E-state index contributed by atoms with van der Waals surface area (Å²) < 4.78 is 13.7. The van der Waals surface area contributed by atoms with E-state index in [1.807, 2.05) is 30.0 Å². The van der Waals surface area contributed by atoms with Gasteiger partial charge in [0.1, 0.15) is 5.69 Å². The molecule has 0 unspecified atom stereocenters. The van der Waals surface area contributed by atoms with E-state index in [9.17, 15) is 4.79 Å². The Hall–Kier alpha value is -2.25. The second-order valence-corrected chi connectivity index (χ2v) is 7.22. The number of aryl methyl sites for hydroxylation is 2. The molecule has 2 saturated heterocycles. The third-order valence-electron chi connectivity index (χ3n) is 5.23. The van der Waals surface area contributed by atoms with E-state index in [-0.39, 0.29) is 17.6 Å². The molecule has 1 amide bonds. The average molecular weight is 356 g/mol. The van der Waals surface area contributed by atoms with Gasteiger partial charge in [-0.25, -0.2) is 0 Å². The van der Waals surface area contributed by atoms with Crippen molar-refractivity contribution in [2.24, 2.45) is 7.05 Å². The maximum Gasteiger partial charge on any atom is 0.272 e. The van der Waals surface area contributed by atoms with E-state index >= 15 is 0 Å². The SMILES string of the molecule is Cc1cccc(CO[C@@H]2CO[C@@]3(CCN(C(=O)c4ccnn4C)C3)C2)n1. The van der Waals surface area contributed by atoms with Gasteiger partial charge in [-0.15, -0.1) is 0 Å². The Morgan fingerprint density at radius 3 is 3.08 bits per heavy atom. The first kappa shape index (κ1) is 17.2. The molecule has 2 aliphatic heterocycles. The predicted octanol–water partition coefficient (Wildman–Crippen LogP) is 1.71. The van der Waals surface area contributed by atoms with E-state index in [0.29, 0.717) is 32.0 Å². The highest BCUT2D eigenvalue weighted by molar-refractivity contribution is 5.92. The summed E-state index contributed by atoms with van der Waals surface area (Å²) in [5.74, 6) is 0.0128. The zero-order valence-electron chi connectivity index (χ0n) is 15.2. The molecule has 0 saturated carbocycles. The highest BCUT2D eigenvalue weighted by Crippen LogP contribution is 2.36. The van der Waals surface area contributed by atoms with Gasteiger partial charge in [-0.05, 0) is 31.5 Å². The lowest BCUT2D eigenvalue weighted by atomic mass is 9.98. The van der Waals surface area contributed by atoms with Crippen LogP contribution in [0.3, 0.4) is 0 Å². The molecule has 2 aromatic rings. The van der Waals surface area contributed by atoms with Crippen LogP contribution in [0.5, 0.6) is 0 Å². The van der Waals surface area contributed by atoms with Gasteiger partial charge in [0, 0.05) is 31.9 Å². The van der Waals surface area contributed by atoms with E-state index in [4.69, 9.17) is 9.47 Å². The molecule has 2 aromatic heterocycles. The van der Waals surface area contributed by atoms with E-state index in [2.05, 4.69) is 10.1 Å². The van der Waals surface area contributed by atoms with Crippen LogP contribution >= 0.6 is 0 Å². The third-order valence-corrected chi connectivity index (χ3v) is 5.23. The molecular formula is C19H24N4O3. The van der Waals surface area contributed by atoms with Crippen LogP contribution in [0, 0.1) is 6.92 Å². The van der Waals surface area contributed by atoms with Gasteiger partial charge in [-0.2, -0.15) is 5.10 Å². The number of nitrogens with zero attached hydrogens (tertiary/aromatic N) is 4. The average Bonchev–Trinajstić information content (AvgIpc) is 3.34. The molecule has 4 heterocycles. The molecule has 2 aliphatic rings. The summed E-state index contributed by atoms with van der Waals surface area (Å²) in [6, 6.07) is 7.70. The standard InChI is InChI=1S/C19H24N4O3/c1-14-4-3-5-15(21-14)11-25-16-10-19(26-12-16)7-9-23(13-19)18(24)17-6-8-20-22(17)2/h3-6,8,16H,7,9-13H2,1-2H3/t16-,19-/m0/s1. The summed E-state index contributed by atoms with van der Waals surface area (Å²) in [4.78, 5) is 19.0. The van der Waals surface area contributed by atoms with Gasteiger partial charge in [0.05, 0.1) is 37.2 Å². The van der Waals surface area contributed by atoms with Crippen molar-refractivity contribution < 1.29 is 14.3 Å². The lowest BCUT2D eigenvalue weighted by Crippen LogP contribution is -2.36. The Labute approximate surface area is 152 Å². The molecule has 0 aliphatic carbocycles. The highest BCUT2D eigenvalue weighted by atomic mass is 16.6. The number of likely N-dealkylation sites (tertiary alicyclic amines) is 1. The molecule has 0 radical (unpaired) electrons. The van der Waals surface area contributed by atoms with E-state index in [1.165, 1.54) is 0 Å². The Morgan fingerprint density at radius 1 is 1.42 bits per heavy atom. The summed E-state index contributed by atoms with van der Waals surface area (Å²) in [5.41, 5.74) is 2.26. The summed E-state index contributed by atoms with van der Waals surface area (Å²) >= 11 is 0. The van der Waals surface area contributed by atoms with Gasteiger partial charge >= 0.3 is 0 Å². The minimum absolute atomic E-state index is 0.0128. The van der Waals surface area contributed by atoms with Crippen molar-refractivity contribution in [2.45, 2.75) is 38.1 Å². The maximum absolute atomic E-state index is 12.7. The molecule has 0 aromatic carbocycles. The van der Waals surface area contributed by atoms with Crippen LogP contribution in [-0.4, -0.2) is 57.0 Å². The van der Waals surface area contributed by atoms with Crippen molar-refractivity contribution >= 4 is 5.91 Å². The second kappa shape index (κ2) is 6.81. The van der Waals surface area contributed by atoms with Crippen LogP contribution in [0.25, 0.3) is 0 Å². The zero-order chi connectivity index (χ0) is 18.1. The zero-order valence-corrected chi connectivity index (χ0v) is 15.2. The molecular weight excluding hydrogens is 332 g/mol. The molecule has 1 spiro atoms. The topological polar surface area (TPSA) is 69.5 Å². The number of amides is 1. The first-order valence-corrected chi connectivity index (χ1v) is 9.00. The number of carbonyl (C=O) groups excluding carboxylic acids is 1. The van der Waals surface area contributed by atoms with Crippen molar-refractivity contribution in [3.05, 3.63) is 47.5 Å². The Bertz CT molecular complexity index is 806. The molecule has 2 fully saturated rings. The van der Waals surface area contributed by atoms with Crippen LogP contribution in [0.15, 0.2) is 30.5 Å². The largest absolute Gasteiger partial charge is 0.370 e. The quantitative estimate of drug-likeness (QED) is 0.834. The summed E-state index contributed by atoms with van der Waals surface area (Å²) in [6.07, 6.45) is 3.35. The van der Waals surface area contributed by atoms with Crippen molar-refractivity contribution in [1.82, 2.24) is 19.7 Å². The van der Waals surface area contributed by atoms with Crippen molar-refractivity contribution in [3.8, 4) is 0 Å². The smallest absolute Gasteiger partial charge is 0.272 e. The number of hydrogen-bond donors (Lipinski definition) is 0. The van der Waals surface area contributed by atoms with Gasteiger partial charge in [0.25, 0.3) is 5.91 Å². The van der Waals surface area contributed by atoms with Gasteiger partial charge < -0.3 is 14.4 Å². The van der Waals surface area contributed by atoms with Gasteiger partial charge in [0.2, 0.25) is 0 Å². The molecule has 138 valence electrons. The number of pyridine rings is 1. The van der Waals surface area contributed by atoms with E-state index in [1.54, 1.807) is 24.0 Å². The van der Waals surface area contributed by atoms with Crippen LogP contribution in [-0.2, 0) is 23.1 Å². The fraction of sp³-hybridized carbons (Fsp3) is 0.526. The van der Waals surface area contributed by atoms with Gasteiger partial charge in [-0.1, -0.05) is 6.07 Å². The van der Waals surface area contributed by atoms with Crippen LogP contribution in [0.2, 0.25) is 0 Å². The fourth-order valence-electron chi connectivity index (χ4n) is 3.84. The van der Waals surface area contributed by atoms with Crippen molar-refractivity contribution in [1.29, 1.82) is 0 Å². The molecule has 0 N–H and O–H groups in total. The molecule has 26 heavy (non-hydrogen) atoms. The van der Waals surface area contributed by atoms with Crippen LogP contribution < -0.4 is 0 Å². The monoisotopic (exact) mass is 356 g/mol. The molecule has 7 nitrogen and oxygen atoms in total. The minimum atomic E-state index is -0.279. The summed E-state index contributed by atoms with van der Waals surface area (Å²) in [6.45, 7) is 4.35. The van der Waals surface area contributed by atoms with Crippen LogP contribution in [0.1, 0.15) is 34.7 Å². The van der Waals surface area contributed by atoms with E-state index < -0.39 is 0 Å². The predicted molar refractivity (Wildman–Crippen MR) is 94.6 cm³/mol. The Kier molecular flexibility index (Phi) is 4.50. The Morgan fingerprint density at radius 2 is 2.31 bits per heavy atom. The summed E-state index contributed by atoms with van der Waals surface area (Å²) in [5, 5.41) is 4.08. The number of aromatic nitrogens is 3. The number of carbonyl (C=O) groups is 1. The molecule has 4 rings (SSSR count). The second-order valence-electron chi connectivity index (χ2n) is 7.22. The molecule has 0 bridgehead atoms. The lowest BCUT2D eigenvalue weighted by molar-refractivity contribution is -0.000172. The number of rotatable bonds is 4. The highest BCUT2D eigenvalue weighted by Gasteiger charge is 2.47. The summed E-state index contributed by atoms with van der Waals surface area (Å²) in [7, 11) is 1.79. The first-order chi connectivity index (χ1) is 12.5. The third kappa shape index (κ3) is 3.37. The van der Waals surface area contributed by atoms with Crippen LogP contribution in [0.4, 0.5) is 0 Å². The fourth-order valence-corrected chi connectivity index (χ4v) is 3.84. The maximum atomic E-state index is 12.7. The number of ether oxygens (including phenoxy) is 2. The van der Waals surface area contributed by atoms with E-state index in [0.717, 1.165) is 24.2 Å². The van der Waals surface area contributed by atoms with Crippen molar-refractivity contribution in [2.75, 3.05) is 19.7 Å². The minimum Gasteiger partial charge on any atom is -0.370 e. The lowest BCUT2D eigenvalue weighted by Gasteiger charge is -2.23. The first-order valence-electron chi connectivity index (χ1n) is 9.00. The van der Waals surface area contributed by atoms with Gasteiger partial charge in [-0.3, -0.25) is 14.5 Å². The Balaban J connectivity index is 1.33. The molecule has 2 atom stereocenters.